The van der Waals surface area contributed by atoms with Crippen LogP contribution in [0.3, 0.4) is 0 Å². The molecule has 0 fully saturated rings. The number of rotatable bonds is 5. The third-order valence-electron chi connectivity index (χ3n) is 3.33. The van der Waals surface area contributed by atoms with Crippen LogP contribution in [-0.4, -0.2) is 19.3 Å². The van der Waals surface area contributed by atoms with Crippen LogP contribution < -0.4 is 19.5 Å². The minimum Gasteiger partial charge on any atom is -0.493 e. The molecule has 0 spiro atoms. The van der Waals surface area contributed by atoms with Crippen LogP contribution in [0.4, 0.5) is 5.69 Å². The monoisotopic (exact) mass is 313 g/mol. The zero-order valence-electron chi connectivity index (χ0n) is 13.2. The van der Waals surface area contributed by atoms with Gasteiger partial charge in [0, 0.05) is 11.3 Å². The summed E-state index contributed by atoms with van der Waals surface area (Å²) < 4.78 is 16.1. The zero-order chi connectivity index (χ0) is 16.2. The van der Waals surface area contributed by atoms with E-state index in [0.29, 0.717) is 35.3 Å². The molecule has 0 aliphatic carbocycles. The van der Waals surface area contributed by atoms with Gasteiger partial charge in [-0.25, -0.2) is 0 Å². The van der Waals surface area contributed by atoms with Crippen LogP contribution in [-0.2, 0) is 0 Å². The van der Waals surface area contributed by atoms with Crippen molar-refractivity contribution in [3.63, 3.8) is 0 Å². The number of hydrogen-bond donors (Lipinski definition) is 1. The smallest absolute Gasteiger partial charge is 0.255 e. The molecule has 2 aromatic carbocycles. The van der Waals surface area contributed by atoms with Crippen LogP contribution in [0.15, 0.2) is 42.5 Å². The van der Waals surface area contributed by atoms with Crippen molar-refractivity contribution in [2.24, 2.45) is 5.92 Å². The summed E-state index contributed by atoms with van der Waals surface area (Å²) in [6.07, 6.45) is 0. The van der Waals surface area contributed by atoms with Gasteiger partial charge in [-0.3, -0.25) is 4.79 Å². The number of amides is 1. The minimum absolute atomic E-state index is 0.193. The Morgan fingerprint density at radius 3 is 2.61 bits per heavy atom. The number of carbonyl (C=O) groups is 1. The third-order valence-corrected chi connectivity index (χ3v) is 3.33. The molecule has 1 aliphatic rings. The van der Waals surface area contributed by atoms with E-state index in [-0.39, 0.29) is 12.7 Å². The van der Waals surface area contributed by atoms with E-state index in [2.05, 4.69) is 19.2 Å². The van der Waals surface area contributed by atoms with Crippen molar-refractivity contribution >= 4 is 11.6 Å². The third kappa shape index (κ3) is 3.74. The van der Waals surface area contributed by atoms with Gasteiger partial charge in [0.15, 0.2) is 11.5 Å². The van der Waals surface area contributed by atoms with Gasteiger partial charge in [0.05, 0.1) is 6.61 Å². The Morgan fingerprint density at radius 1 is 1.13 bits per heavy atom. The summed E-state index contributed by atoms with van der Waals surface area (Å²) in [6, 6.07) is 12.5. The molecule has 1 aliphatic heterocycles. The Labute approximate surface area is 135 Å². The Hall–Kier alpha value is -2.69. The second-order valence-electron chi connectivity index (χ2n) is 5.75. The molecule has 5 heteroatoms. The van der Waals surface area contributed by atoms with Crippen molar-refractivity contribution in [1.82, 2.24) is 0 Å². The summed E-state index contributed by atoms with van der Waals surface area (Å²) in [4.78, 5) is 12.3. The molecular formula is C18H19NO4. The zero-order valence-corrected chi connectivity index (χ0v) is 13.2. The molecule has 1 amide bonds. The second-order valence-corrected chi connectivity index (χ2v) is 5.75. The van der Waals surface area contributed by atoms with Gasteiger partial charge in [-0.15, -0.1) is 0 Å². The summed E-state index contributed by atoms with van der Waals surface area (Å²) in [5, 5.41) is 2.85. The summed E-state index contributed by atoms with van der Waals surface area (Å²) in [5.74, 6) is 2.32. The van der Waals surface area contributed by atoms with E-state index < -0.39 is 0 Å². The molecule has 0 unspecified atom stereocenters. The second kappa shape index (κ2) is 6.60. The van der Waals surface area contributed by atoms with Crippen LogP contribution in [0.25, 0.3) is 0 Å². The Balaban J connectivity index is 1.63. The largest absolute Gasteiger partial charge is 0.493 e. The van der Waals surface area contributed by atoms with Crippen molar-refractivity contribution in [3.8, 4) is 17.2 Å². The van der Waals surface area contributed by atoms with Gasteiger partial charge in [-0.2, -0.15) is 0 Å². The molecule has 120 valence electrons. The summed E-state index contributed by atoms with van der Waals surface area (Å²) in [7, 11) is 0. The Bertz CT molecular complexity index is 695. The molecule has 0 saturated carbocycles. The quantitative estimate of drug-likeness (QED) is 0.914. The van der Waals surface area contributed by atoms with Gasteiger partial charge in [0.2, 0.25) is 6.79 Å². The fourth-order valence-corrected chi connectivity index (χ4v) is 2.14. The fraction of sp³-hybridized carbons (Fsp3) is 0.278. The topological polar surface area (TPSA) is 56.8 Å². The maximum atomic E-state index is 12.3. The average Bonchev–Trinajstić information content (AvgIpc) is 3.01. The van der Waals surface area contributed by atoms with E-state index in [1.54, 1.807) is 18.2 Å². The molecule has 0 bridgehead atoms. The van der Waals surface area contributed by atoms with E-state index in [0.717, 1.165) is 5.75 Å². The normalized spacial score (nSPS) is 12.3. The predicted molar refractivity (Wildman–Crippen MR) is 87.3 cm³/mol. The van der Waals surface area contributed by atoms with Gasteiger partial charge >= 0.3 is 0 Å². The van der Waals surface area contributed by atoms with Crippen LogP contribution in [0.5, 0.6) is 17.2 Å². The number of hydrogen-bond acceptors (Lipinski definition) is 4. The first kappa shape index (κ1) is 15.2. The number of carbonyl (C=O) groups excluding carboxylic acids is 1. The SMILES string of the molecule is CC(C)COc1ccc(NC(=O)c2ccc3c(c2)OCO3)cc1. The molecule has 0 atom stereocenters. The molecule has 0 radical (unpaired) electrons. The lowest BCUT2D eigenvalue weighted by Crippen LogP contribution is -2.11. The van der Waals surface area contributed by atoms with Gasteiger partial charge in [0.25, 0.3) is 5.91 Å². The van der Waals surface area contributed by atoms with E-state index in [9.17, 15) is 4.79 Å². The minimum atomic E-state index is -0.195. The highest BCUT2D eigenvalue weighted by atomic mass is 16.7. The first-order valence-corrected chi connectivity index (χ1v) is 7.55. The summed E-state index contributed by atoms with van der Waals surface area (Å²) in [6.45, 7) is 5.06. The average molecular weight is 313 g/mol. The van der Waals surface area contributed by atoms with Crippen molar-refractivity contribution < 1.29 is 19.0 Å². The van der Waals surface area contributed by atoms with Crippen molar-refractivity contribution in [1.29, 1.82) is 0 Å². The first-order valence-electron chi connectivity index (χ1n) is 7.55. The molecule has 1 heterocycles. The van der Waals surface area contributed by atoms with E-state index in [1.807, 2.05) is 24.3 Å². The van der Waals surface area contributed by atoms with Crippen LogP contribution in [0.1, 0.15) is 24.2 Å². The summed E-state index contributed by atoms with van der Waals surface area (Å²) >= 11 is 0. The molecule has 3 rings (SSSR count). The molecule has 23 heavy (non-hydrogen) atoms. The molecule has 2 aromatic rings. The predicted octanol–water partition coefficient (Wildman–Crippen LogP) is 3.70. The van der Waals surface area contributed by atoms with Gasteiger partial charge in [0.1, 0.15) is 5.75 Å². The lowest BCUT2D eigenvalue weighted by molar-refractivity contribution is 0.102. The lowest BCUT2D eigenvalue weighted by Gasteiger charge is -2.10. The highest BCUT2D eigenvalue weighted by molar-refractivity contribution is 6.04. The van der Waals surface area contributed by atoms with Gasteiger partial charge in [-0.1, -0.05) is 13.8 Å². The fourth-order valence-electron chi connectivity index (χ4n) is 2.14. The van der Waals surface area contributed by atoms with Crippen LogP contribution in [0.2, 0.25) is 0 Å². The Kier molecular flexibility index (Phi) is 4.37. The number of ether oxygens (including phenoxy) is 3. The molecular weight excluding hydrogens is 294 g/mol. The molecule has 5 nitrogen and oxygen atoms in total. The van der Waals surface area contributed by atoms with Crippen molar-refractivity contribution in [2.75, 3.05) is 18.7 Å². The van der Waals surface area contributed by atoms with E-state index in [4.69, 9.17) is 14.2 Å². The first-order chi connectivity index (χ1) is 11.1. The molecule has 0 saturated heterocycles. The maximum Gasteiger partial charge on any atom is 0.255 e. The molecule has 1 N–H and O–H groups in total. The van der Waals surface area contributed by atoms with Gasteiger partial charge < -0.3 is 19.5 Å². The van der Waals surface area contributed by atoms with E-state index >= 15 is 0 Å². The maximum absolute atomic E-state index is 12.3. The standard InChI is InChI=1S/C18H19NO4/c1-12(2)10-21-15-6-4-14(5-7-15)19-18(20)13-3-8-16-17(9-13)23-11-22-16/h3-9,12H,10-11H2,1-2H3,(H,19,20). The van der Waals surface area contributed by atoms with Crippen LogP contribution in [0, 0.1) is 5.92 Å². The molecule has 0 aromatic heterocycles. The summed E-state index contributed by atoms with van der Waals surface area (Å²) in [5.41, 5.74) is 1.24. The number of anilines is 1. The van der Waals surface area contributed by atoms with E-state index in [1.165, 1.54) is 0 Å². The van der Waals surface area contributed by atoms with Crippen LogP contribution >= 0.6 is 0 Å². The van der Waals surface area contributed by atoms with Crippen molar-refractivity contribution in [2.45, 2.75) is 13.8 Å². The highest BCUT2D eigenvalue weighted by Gasteiger charge is 2.16. The van der Waals surface area contributed by atoms with Gasteiger partial charge in [-0.05, 0) is 48.4 Å². The lowest BCUT2D eigenvalue weighted by atomic mass is 10.2. The number of benzene rings is 2. The number of fused-ring (bicyclic) bond motifs is 1. The number of nitrogens with one attached hydrogen (secondary N) is 1. The van der Waals surface area contributed by atoms with Crippen molar-refractivity contribution in [3.05, 3.63) is 48.0 Å². The highest BCUT2D eigenvalue weighted by Crippen LogP contribution is 2.32. The Morgan fingerprint density at radius 2 is 1.87 bits per heavy atom.